The molecule has 0 bridgehead atoms. The number of nitrogens with zero attached hydrogens (tertiary/aromatic N) is 1. The third-order valence-electron chi connectivity index (χ3n) is 1.87. The standard InChI is InChI=1S/C9H10N2O2/c10-7-2-1-3-8(6-7)11-9(12)4-5-13-11/h1-3,6H,4-5,10H2. The summed E-state index contributed by atoms with van der Waals surface area (Å²) >= 11 is 0. The molecule has 2 rings (SSSR count). The van der Waals surface area contributed by atoms with Crippen molar-refractivity contribution in [3.8, 4) is 0 Å². The van der Waals surface area contributed by atoms with E-state index in [-0.39, 0.29) is 5.91 Å². The molecule has 4 nitrogen and oxygen atoms in total. The van der Waals surface area contributed by atoms with E-state index in [1.807, 2.05) is 0 Å². The molecule has 0 atom stereocenters. The third kappa shape index (κ3) is 1.48. The zero-order chi connectivity index (χ0) is 9.26. The highest BCUT2D eigenvalue weighted by Crippen LogP contribution is 2.21. The molecule has 1 saturated heterocycles. The number of carbonyl (C=O) groups excluding carboxylic acids is 1. The van der Waals surface area contributed by atoms with Crippen molar-refractivity contribution in [2.75, 3.05) is 17.4 Å². The summed E-state index contributed by atoms with van der Waals surface area (Å²) in [7, 11) is 0. The summed E-state index contributed by atoms with van der Waals surface area (Å²) in [5.41, 5.74) is 6.90. The van der Waals surface area contributed by atoms with Crippen LogP contribution in [0.3, 0.4) is 0 Å². The monoisotopic (exact) mass is 178 g/mol. The van der Waals surface area contributed by atoms with E-state index in [2.05, 4.69) is 0 Å². The van der Waals surface area contributed by atoms with E-state index in [1.54, 1.807) is 24.3 Å². The van der Waals surface area contributed by atoms with Crippen LogP contribution in [0.1, 0.15) is 6.42 Å². The van der Waals surface area contributed by atoms with Gasteiger partial charge in [-0.15, -0.1) is 0 Å². The average molecular weight is 178 g/mol. The summed E-state index contributed by atoms with van der Waals surface area (Å²) in [6, 6.07) is 7.06. The quantitative estimate of drug-likeness (QED) is 0.651. The normalized spacial score (nSPS) is 16.6. The maximum absolute atomic E-state index is 11.2. The van der Waals surface area contributed by atoms with Crippen molar-refractivity contribution >= 4 is 17.3 Å². The molecule has 0 aromatic heterocycles. The number of hydroxylamine groups is 1. The molecule has 4 heteroatoms. The van der Waals surface area contributed by atoms with E-state index in [9.17, 15) is 4.79 Å². The zero-order valence-corrected chi connectivity index (χ0v) is 7.06. The van der Waals surface area contributed by atoms with Crippen molar-refractivity contribution in [3.63, 3.8) is 0 Å². The molecule has 13 heavy (non-hydrogen) atoms. The summed E-state index contributed by atoms with van der Waals surface area (Å²) in [5.74, 6) is -0.0226. The molecule has 0 spiro atoms. The van der Waals surface area contributed by atoms with Gasteiger partial charge in [-0.3, -0.25) is 9.63 Å². The lowest BCUT2D eigenvalue weighted by molar-refractivity contribution is -0.119. The van der Waals surface area contributed by atoms with Crippen molar-refractivity contribution in [2.24, 2.45) is 0 Å². The van der Waals surface area contributed by atoms with E-state index < -0.39 is 0 Å². The van der Waals surface area contributed by atoms with Gasteiger partial charge in [0, 0.05) is 5.69 Å². The van der Waals surface area contributed by atoms with Gasteiger partial charge in [-0.1, -0.05) is 6.07 Å². The molecule has 1 aromatic rings. The van der Waals surface area contributed by atoms with Crippen LogP contribution in [0.4, 0.5) is 11.4 Å². The van der Waals surface area contributed by atoms with E-state index in [0.29, 0.717) is 24.4 Å². The fourth-order valence-corrected chi connectivity index (χ4v) is 1.27. The van der Waals surface area contributed by atoms with Crippen LogP contribution in [-0.4, -0.2) is 12.5 Å². The Morgan fingerprint density at radius 3 is 2.92 bits per heavy atom. The van der Waals surface area contributed by atoms with Gasteiger partial charge in [0.2, 0.25) is 0 Å². The van der Waals surface area contributed by atoms with E-state index in [4.69, 9.17) is 10.6 Å². The minimum atomic E-state index is -0.0226. The highest BCUT2D eigenvalue weighted by atomic mass is 16.7. The van der Waals surface area contributed by atoms with Crippen molar-refractivity contribution in [1.29, 1.82) is 0 Å². The fraction of sp³-hybridized carbons (Fsp3) is 0.222. The van der Waals surface area contributed by atoms with E-state index in [0.717, 1.165) is 0 Å². The molecular weight excluding hydrogens is 168 g/mol. The number of hydrogen-bond acceptors (Lipinski definition) is 3. The molecule has 1 fully saturated rings. The van der Waals surface area contributed by atoms with Crippen LogP contribution in [0.2, 0.25) is 0 Å². The minimum Gasteiger partial charge on any atom is -0.399 e. The molecule has 1 aromatic carbocycles. The van der Waals surface area contributed by atoms with Crippen LogP contribution in [0, 0.1) is 0 Å². The second-order valence-electron chi connectivity index (χ2n) is 2.87. The molecule has 1 amide bonds. The van der Waals surface area contributed by atoms with Gasteiger partial charge in [0.05, 0.1) is 18.7 Å². The Morgan fingerprint density at radius 2 is 2.31 bits per heavy atom. The van der Waals surface area contributed by atoms with Gasteiger partial charge in [-0.05, 0) is 18.2 Å². The Morgan fingerprint density at radius 1 is 1.46 bits per heavy atom. The van der Waals surface area contributed by atoms with Gasteiger partial charge in [0.25, 0.3) is 5.91 Å². The van der Waals surface area contributed by atoms with Gasteiger partial charge in [-0.2, -0.15) is 5.06 Å². The lowest BCUT2D eigenvalue weighted by Crippen LogP contribution is -2.22. The Hall–Kier alpha value is -1.55. The summed E-state index contributed by atoms with van der Waals surface area (Å²) in [6.45, 7) is 0.452. The lowest BCUT2D eigenvalue weighted by Gasteiger charge is -2.13. The van der Waals surface area contributed by atoms with Crippen LogP contribution in [0.25, 0.3) is 0 Å². The maximum atomic E-state index is 11.2. The first-order valence-electron chi connectivity index (χ1n) is 4.09. The summed E-state index contributed by atoms with van der Waals surface area (Å²) in [5, 5.41) is 1.29. The number of amides is 1. The molecule has 1 heterocycles. The number of nitrogens with two attached hydrogens (primary N) is 1. The number of hydrogen-bond donors (Lipinski definition) is 1. The first-order chi connectivity index (χ1) is 6.27. The van der Waals surface area contributed by atoms with Crippen LogP contribution in [0.5, 0.6) is 0 Å². The molecule has 2 N–H and O–H groups in total. The highest BCUT2D eigenvalue weighted by Gasteiger charge is 2.22. The van der Waals surface area contributed by atoms with Gasteiger partial charge >= 0.3 is 0 Å². The molecule has 0 radical (unpaired) electrons. The Balaban J connectivity index is 2.29. The predicted octanol–water partition coefficient (Wildman–Crippen LogP) is 0.937. The van der Waals surface area contributed by atoms with E-state index in [1.165, 1.54) is 5.06 Å². The van der Waals surface area contributed by atoms with Gasteiger partial charge in [0.15, 0.2) is 0 Å². The Kier molecular flexibility index (Phi) is 1.90. The maximum Gasteiger partial charge on any atom is 0.253 e. The van der Waals surface area contributed by atoms with Gasteiger partial charge in [-0.25, -0.2) is 0 Å². The van der Waals surface area contributed by atoms with Gasteiger partial charge in [0.1, 0.15) is 0 Å². The summed E-state index contributed by atoms with van der Waals surface area (Å²) in [4.78, 5) is 16.4. The third-order valence-corrected chi connectivity index (χ3v) is 1.87. The molecular formula is C9H10N2O2. The molecule has 68 valence electrons. The molecule has 1 aliphatic rings. The Bertz CT molecular complexity index is 338. The first kappa shape index (κ1) is 8.07. The number of carbonyl (C=O) groups is 1. The number of rotatable bonds is 1. The molecule has 1 aliphatic heterocycles. The SMILES string of the molecule is Nc1cccc(N2OCCC2=O)c1. The predicted molar refractivity (Wildman–Crippen MR) is 48.9 cm³/mol. The van der Waals surface area contributed by atoms with Crippen LogP contribution < -0.4 is 10.8 Å². The lowest BCUT2D eigenvalue weighted by atomic mass is 10.3. The van der Waals surface area contributed by atoms with Crippen molar-refractivity contribution in [1.82, 2.24) is 0 Å². The molecule has 0 aliphatic carbocycles. The van der Waals surface area contributed by atoms with Crippen LogP contribution in [0.15, 0.2) is 24.3 Å². The fourth-order valence-electron chi connectivity index (χ4n) is 1.27. The highest BCUT2D eigenvalue weighted by molar-refractivity contribution is 5.93. The van der Waals surface area contributed by atoms with Crippen LogP contribution >= 0.6 is 0 Å². The summed E-state index contributed by atoms with van der Waals surface area (Å²) in [6.07, 6.45) is 0.439. The second kappa shape index (κ2) is 3.06. The van der Waals surface area contributed by atoms with Crippen molar-refractivity contribution in [3.05, 3.63) is 24.3 Å². The van der Waals surface area contributed by atoms with Crippen LogP contribution in [-0.2, 0) is 9.63 Å². The Labute approximate surface area is 75.8 Å². The topological polar surface area (TPSA) is 55.6 Å². The van der Waals surface area contributed by atoms with Crippen molar-refractivity contribution < 1.29 is 9.63 Å². The zero-order valence-electron chi connectivity index (χ0n) is 7.06. The minimum absolute atomic E-state index is 0.0226. The first-order valence-corrected chi connectivity index (χ1v) is 4.09. The number of nitrogen functional groups attached to an aromatic ring is 1. The molecule has 0 unspecified atom stereocenters. The average Bonchev–Trinajstić information content (AvgIpc) is 2.51. The number of benzene rings is 1. The smallest absolute Gasteiger partial charge is 0.253 e. The largest absolute Gasteiger partial charge is 0.399 e. The van der Waals surface area contributed by atoms with E-state index >= 15 is 0 Å². The van der Waals surface area contributed by atoms with Gasteiger partial charge < -0.3 is 5.73 Å². The number of anilines is 2. The second-order valence-corrected chi connectivity index (χ2v) is 2.87. The summed E-state index contributed by atoms with van der Waals surface area (Å²) < 4.78 is 0. The molecule has 0 saturated carbocycles. The van der Waals surface area contributed by atoms with Crippen molar-refractivity contribution in [2.45, 2.75) is 6.42 Å².